The number of rotatable bonds is 5. The first-order valence-corrected chi connectivity index (χ1v) is 10.7. The number of para-hydroxylation sites is 2. The molecule has 4 rings (SSSR count). The predicted molar refractivity (Wildman–Crippen MR) is 104 cm³/mol. The molecule has 2 heterocycles. The summed E-state index contributed by atoms with van der Waals surface area (Å²) in [5.74, 6) is 0.590. The lowest BCUT2D eigenvalue weighted by molar-refractivity contribution is -0.918. The molecule has 1 aromatic heterocycles. The summed E-state index contributed by atoms with van der Waals surface area (Å²) < 4.78 is 33.0. The fourth-order valence-electron chi connectivity index (χ4n) is 3.44. The van der Waals surface area contributed by atoms with Gasteiger partial charge in [-0.15, -0.1) is 0 Å². The number of hydrogen-bond acceptors (Lipinski definition) is 5. The molecule has 0 radical (unpaired) electrons. The third-order valence-corrected chi connectivity index (χ3v) is 6.98. The summed E-state index contributed by atoms with van der Waals surface area (Å²) in [5, 5.41) is 0. The fourth-order valence-corrected chi connectivity index (χ4v) is 4.88. The number of carbonyl (C=O) groups excluding carboxylic acids is 1. The minimum absolute atomic E-state index is 0.0830. The fraction of sp³-hybridized carbons (Fsp3) is 0.300. The van der Waals surface area contributed by atoms with Crippen molar-refractivity contribution in [2.75, 3.05) is 26.2 Å². The highest BCUT2D eigenvalue weighted by molar-refractivity contribution is 7.89. The standard InChI is InChI=1S/C20H21N3O4S/c1-15(24)16-6-8-17(9-7-16)28(25,26)23-12-10-22(11-13-23)14-20-21-18-4-2-3-5-19(18)27-20/h2-9H,10-14H2,1H3/p+1. The Balaban J connectivity index is 1.40. The van der Waals surface area contributed by atoms with Crippen molar-refractivity contribution < 1.29 is 22.5 Å². The Bertz CT molecular complexity index is 1060. The van der Waals surface area contributed by atoms with Crippen molar-refractivity contribution in [3.63, 3.8) is 0 Å². The van der Waals surface area contributed by atoms with Gasteiger partial charge in [0.1, 0.15) is 5.52 Å². The number of oxazole rings is 1. The summed E-state index contributed by atoms with van der Waals surface area (Å²) in [7, 11) is -3.55. The van der Waals surface area contributed by atoms with Crippen molar-refractivity contribution in [1.82, 2.24) is 9.29 Å². The zero-order valence-corrected chi connectivity index (χ0v) is 16.4. The van der Waals surface area contributed by atoms with Crippen molar-refractivity contribution in [2.45, 2.75) is 18.4 Å². The summed E-state index contributed by atoms with van der Waals surface area (Å²) in [6, 6.07) is 13.8. The average Bonchev–Trinajstić information content (AvgIpc) is 3.10. The van der Waals surface area contributed by atoms with Crippen molar-refractivity contribution in [2.24, 2.45) is 0 Å². The zero-order valence-electron chi connectivity index (χ0n) is 15.6. The lowest BCUT2D eigenvalue weighted by atomic mass is 10.2. The number of carbonyl (C=O) groups is 1. The number of sulfonamides is 1. The number of quaternary nitrogens is 1. The summed E-state index contributed by atoms with van der Waals surface area (Å²) in [5.41, 5.74) is 2.12. The molecule has 0 saturated carbocycles. The Morgan fingerprint density at radius 2 is 1.79 bits per heavy atom. The second-order valence-electron chi connectivity index (χ2n) is 6.99. The number of aromatic nitrogens is 1. The molecule has 0 atom stereocenters. The van der Waals surface area contributed by atoms with Gasteiger partial charge in [-0.25, -0.2) is 13.4 Å². The molecule has 1 saturated heterocycles. The van der Waals surface area contributed by atoms with Crippen LogP contribution in [-0.4, -0.2) is 49.7 Å². The molecular weight excluding hydrogens is 378 g/mol. The molecule has 1 aliphatic rings. The molecule has 7 nitrogen and oxygen atoms in total. The van der Waals surface area contributed by atoms with Gasteiger partial charge in [0.2, 0.25) is 10.0 Å². The van der Waals surface area contributed by atoms with Gasteiger partial charge in [0.15, 0.2) is 17.9 Å². The molecule has 1 aliphatic heterocycles. The van der Waals surface area contributed by atoms with Gasteiger partial charge in [0.25, 0.3) is 5.89 Å². The first-order valence-electron chi connectivity index (χ1n) is 9.23. The second-order valence-corrected chi connectivity index (χ2v) is 8.92. The van der Waals surface area contributed by atoms with Crippen LogP contribution in [0.1, 0.15) is 23.2 Å². The molecule has 0 aliphatic carbocycles. The number of nitrogens with one attached hydrogen (secondary N) is 1. The molecule has 0 bridgehead atoms. The van der Waals surface area contributed by atoms with Gasteiger partial charge in [-0.3, -0.25) is 4.79 Å². The summed E-state index contributed by atoms with van der Waals surface area (Å²) in [6.07, 6.45) is 0. The van der Waals surface area contributed by atoms with Crippen LogP contribution in [0.2, 0.25) is 0 Å². The minimum Gasteiger partial charge on any atom is -0.435 e. The predicted octanol–water partition coefficient (Wildman–Crippen LogP) is 1.12. The van der Waals surface area contributed by atoms with E-state index in [0.29, 0.717) is 44.2 Å². The highest BCUT2D eigenvalue weighted by atomic mass is 32.2. The number of nitrogens with zero attached hydrogens (tertiary/aromatic N) is 2. The molecular formula is C20H22N3O4S+. The van der Waals surface area contributed by atoms with Gasteiger partial charge in [-0.1, -0.05) is 24.3 Å². The molecule has 28 heavy (non-hydrogen) atoms. The topological polar surface area (TPSA) is 84.9 Å². The van der Waals surface area contributed by atoms with Gasteiger partial charge >= 0.3 is 0 Å². The second kappa shape index (κ2) is 7.46. The van der Waals surface area contributed by atoms with E-state index in [1.807, 2.05) is 24.3 Å². The van der Waals surface area contributed by atoms with E-state index in [1.165, 1.54) is 28.3 Å². The Kier molecular flexibility index (Phi) is 5.01. The van der Waals surface area contributed by atoms with Crippen LogP contribution in [0.3, 0.4) is 0 Å². The highest BCUT2D eigenvalue weighted by Gasteiger charge is 2.31. The lowest BCUT2D eigenvalue weighted by Crippen LogP contribution is -3.13. The van der Waals surface area contributed by atoms with Gasteiger partial charge in [0.05, 0.1) is 31.1 Å². The van der Waals surface area contributed by atoms with Gasteiger partial charge in [-0.05, 0) is 31.2 Å². The van der Waals surface area contributed by atoms with Gasteiger partial charge in [0, 0.05) is 5.56 Å². The van der Waals surface area contributed by atoms with E-state index in [2.05, 4.69) is 4.98 Å². The molecule has 0 spiro atoms. The van der Waals surface area contributed by atoms with Crippen LogP contribution in [0.25, 0.3) is 11.1 Å². The van der Waals surface area contributed by atoms with Crippen LogP contribution in [0, 0.1) is 0 Å². The van der Waals surface area contributed by atoms with Crippen molar-refractivity contribution in [3.05, 3.63) is 60.0 Å². The number of ketones is 1. The monoisotopic (exact) mass is 400 g/mol. The van der Waals surface area contributed by atoms with Gasteiger partial charge < -0.3 is 9.32 Å². The Morgan fingerprint density at radius 1 is 1.11 bits per heavy atom. The third-order valence-electron chi connectivity index (χ3n) is 5.07. The summed E-state index contributed by atoms with van der Waals surface area (Å²) in [6.45, 7) is 4.34. The number of piperazine rings is 1. The first kappa shape index (κ1) is 18.8. The van der Waals surface area contributed by atoms with E-state index >= 15 is 0 Å². The molecule has 146 valence electrons. The van der Waals surface area contributed by atoms with Crippen LogP contribution in [0.4, 0.5) is 0 Å². The van der Waals surface area contributed by atoms with Crippen LogP contribution in [0.15, 0.2) is 57.8 Å². The van der Waals surface area contributed by atoms with Crippen LogP contribution in [0.5, 0.6) is 0 Å². The van der Waals surface area contributed by atoms with Crippen molar-refractivity contribution in [3.8, 4) is 0 Å². The first-order chi connectivity index (χ1) is 13.4. The molecule has 1 N–H and O–H groups in total. The molecule has 8 heteroatoms. The molecule has 2 aromatic carbocycles. The minimum atomic E-state index is -3.55. The number of fused-ring (bicyclic) bond motifs is 1. The van der Waals surface area contributed by atoms with Crippen LogP contribution >= 0.6 is 0 Å². The number of Topliss-reactive ketones (excluding diaryl/α,β-unsaturated/α-hetero) is 1. The maximum atomic E-state index is 12.9. The summed E-state index contributed by atoms with van der Waals surface area (Å²) >= 11 is 0. The van der Waals surface area contributed by atoms with Crippen LogP contribution in [-0.2, 0) is 16.6 Å². The molecule has 1 fully saturated rings. The quantitative estimate of drug-likeness (QED) is 0.649. The SMILES string of the molecule is CC(=O)c1ccc(S(=O)(=O)N2CC[NH+](Cc3nc4ccccc4o3)CC2)cc1. The normalized spacial score (nSPS) is 16.5. The number of benzene rings is 2. The summed E-state index contributed by atoms with van der Waals surface area (Å²) in [4.78, 5) is 17.3. The number of hydrogen-bond donors (Lipinski definition) is 1. The molecule has 3 aromatic rings. The Hall–Kier alpha value is -2.55. The van der Waals surface area contributed by atoms with E-state index in [0.717, 1.165) is 11.1 Å². The van der Waals surface area contributed by atoms with E-state index < -0.39 is 10.0 Å². The smallest absolute Gasteiger partial charge is 0.251 e. The van der Waals surface area contributed by atoms with E-state index in [1.54, 1.807) is 12.1 Å². The van der Waals surface area contributed by atoms with E-state index in [9.17, 15) is 13.2 Å². The van der Waals surface area contributed by atoms with Crippen LogP contribution < -0.4 is 4.90 Å². The molecule has 0 amide bonds. The average molecular weight is 400 g/mol. The van der Waals surface area contributed by atoms with Gasteiger partial charge in [-0.2, -0.15) is 4.31 Å². The van der Waals surface area contributed by atoms with Crippen molar-refractivity contribution >= 4 is 26.9 Å². The van der Waals surface area contributed by atoms with E-state index in [4.69, 9.17) is 4.42 Å². The highest BCUT2D eigenvalue weighted by Crippen LogP contribution is 2.17. The Labute approximate surface area is 163 Å². The Morgan fingerprint density at radius 3 is 2.43 bits per heavy atom. The zero-order chi connectivity index (χ0) is 19.7. The molecule has 0 unspecified atom stereocenters. The maximum Gasteiger partial charge on any atom is 0.251 e. The maximum absolute atomic E-state index is 12.9. The third kappa shape index (κ3) is 3.71. The lowest BCUT2D eigenvalue weighted by Gasteiger charge is -2.30. The van der Waals surface area contributed by atoms with E-state index in [-0.39, 0.29) is 10.7 Å². The van der Waals surface area contributed by atoms with Crippen molar-refractivity contribution in [1.29, 1.82) is 0 Å². The largest absolute Gasteiger partial charge is 0.435 e.